The molecular formula is C13H17BrN2O4S. The Balaban J connectivity index is 2.03. The fraction of sp³-hybridized carbons (Fsp3) is 0.462. The molecule has 0 radical (unpaired) electrons. The topological polar surface area (TPSA) is 86.7 Å². The molecule has 1 heterocycles. The highest BCUT2D eigenvalue weighted by molar-refractivity contribution is 9.10. The molecule has 2 rings (SSSR count). The van der Waals surface area contributed by atoms with E-state index in [0.29, 0.717) is 19.6 Å². The van der Waals surface area contributed by atoms with Crippen molar-refractivity contribution < 1.29 is 18.3 Å². The molecule has 0 bridgehead atoms. The first kappa shape index (κ1) is 16.4. The number of hydrogen-bond donors (Lipinski definition) is 2. The van der Waals surface area contributed by atoms with Gasteiger partial charge in [0.25, 0.3) is 0 Å². The lowest BCUT2D eigenvalue weighted by Crippen LogP contribution is -2.55. The van der Waals surface area contributed by atoms with E-state index in [1.165, 1.54) is 0 Å². The molecule has 0 aromatic heterocycles. The Morgan fingerprint density at radius 1 is 1.38 bits per heavy atom. The standard InChI is InChI=1S/C13H17BrN2O4S/c14-10-1-3-11(4-2-10)21(19,20)8-7-16-6-5-15-9-12(16)13(17)18/h1-4,12,15H,5-9H2,(H,17,18). The smallest absolute Gasteiger partial charge is 0.322 e. The number of nitrogens with one attached hydrogen (secondary N) is 1. The van der Waals surface area contributed by atoms with Crippen LogP contribution < -0.4 is 5.32 Å². The number of carbonyl (C=O) groups is 1. The van der Waals surface area contributed by atoms with Gasteiger partial charge in [-0.05, 0) is 24.3 Å². The Hall–Kier alpha value is -0.960. The van der Waals surface area contributed by atoms with Crippen molar-refractivity contribution in [3.05, 3.63) is 28.7 Å². The number of sulfone groups is 1. The van der Waals surface area contributed by atoms with Gasteiger partial charge in [-0.15, -0.1) is 0 Å². The van der Waals surface area contributed by atoms with E-state index in [2.05, 4.69) is 21.2 Å². The number of nitrogens with zero attached hydrogens (tertiary/aromatic N) is 1. The van der Waals surface area contributed by atoms with Crippen molar-refractivity contribution in [1.82, 2.24) is 10.2 Å². The van der Waals surface area contributed by atoms with Gasteiger partial charge in [-0.1, -0.05) is 15.9 Å². The maximum atomic E-state index is 12.3. The molecule has 0 saturated carbocycles. The van der Waals surface area contributed by atoms with Crippen LogP contribution in [0.5, 0.6) is 0 Å². The van der Waals surface area contributed by atoms with Gasteiger partial charge in [0.1, 0.15) is 6.04 Å². The predicted octanol–water partition coefficient (Wildman–Crippen LogP) is 0.581. The molecule has 21 heavy (non-hydrogen) atoms. The van der Waals surface area contributed by atoms with Crippen LogP contribution in [0, 0.1) is 0 Å². The minimum atomic E-state index is -3.40. The predicted molar refractivity (Wildman–Crippen MR) is 82.1 cm³/mol. The first-order valence-electron chi connectivity index (χ1n) is 6.56. The fourth-order valence-corrected chi connectivity index (χ4v) is 3.78. The van der Waals surface area contributed by atoms with Crippen LogP contribution in [-0.4, -0.2) is 62.4 Å². The molecule has 1 aliphatic rings. The number of aliphatic carboxylic acids is 1. The van der Waals surface area contributed by atoms with Gasteiger partial charge in [-0.2, -0.15) is 0 Å². The van der Waals surface area contributed by atoms with Crippen molar-refractivity contribution in [3.63, 3.8) is 0 Å². The molecule has 1 aliphatic heterocycles. The van der Waals surface area contributed by atoms with E-state index in [9.17, 15) is 13.2 Å². The van der Waals surface area contributed by atoms with Crippen LogP contribution in [0.2, 0.25) is 0 Å². The van der Waals surface area contributed by atoms with Gasteiger partial charge in [-0.25, -0.2) is 8.42 Å². The quantitative estimate of drug-likeness (QED) is 0.781. The molecule has 116 valence electrons. The Morgan fingerprint density at radius 2 is 2.05 bits per heavy atom. The Labute approximate surface area is 132 Å². The molecule has 8 heteroatoms. The molecule has 1 aromatic rings. The summed E-state index contributed by atoms with van der Waals surface area (Å²) in [5.74, 6) is -1.01. The molecule has 6 nitrogen and oxygen atoms in total. The first-order chi connectivity index (χ1) is 9.90. The lowest BCUT2D eigenvalue weighted by molar-refractivity contribution is -0.143. The Kier molecular flexibility index (Phi) is 5.37. The third-order valence-corrected chi connectivity index (χ3v) is 5.70. The van der Waals surface area contributed by atoms with Crippen LogP contribution in [0.1, 0.15) is 0 Å². The van der Waals surface area contributed by atoms with Gasteiger partial charge < -0.3 is 10.4 Å². The molecule has 1 saturated heterocycles. The molecule has 1 atom stereocenters. The summed E-state index contributed by atoms with van der Waals surface area (Å²) in [5.41, 5.74) is 0. The highest BCUT2D eigenvalue weighted by Gasteiger charge is 2.29. The number of hydrogen-bond acceptors (Lipinski definition) is 5. The molecule has 0 amide bonds. The van der Waals surface area contributed by atoms with Crippen molar-refractivity contribution >= 4 is 31.7 Å². The summed E-state index contributed by atoms with van der Waals surface area (Å²) in [5, 5.41) is 12.2. The minimum Gasteiger partial charge on any atom is -0.480 e. The van der Waals surface area contributed by atoms with Crippen molar-refractivity contribution in [2.75, 3.05) is 31.9 Å². The summed E-state index contributed by atoms with van der Waals surface area (Å²) in [7, 11) is -3.40. The van der Waals surface area contributed by atoms with Crippen LogP contribution in [0.25, 0.3) is 0 Å². The number of carboxylic acids is 1. The third-order valence-electron chi connectivity index (χ3n) is 3.46. The van der Waals surface area contributed by atoms with Crippen molar-refractivity contribution in [1.29, 1.82) is 0 Å². The summed E-state index contributed by atoms with van der Waals surface area (Å²) < 4.78 is 25.3. The number of rotatable bonds is 5. The van der Waals surface area contributed by atoms with E-state index >= 15 is 0 Å². The first-order valence-corrected chi connectivity index (χ1v) is 9.00. The van der Waals surface area contributed by atoms with Crippen molar-refractivity contribution in [3.8, 4) is 0 Å². The largest absolute Gasteiger partial charge is 0.480 e. The van der Waals surface area contributed by atoms with E-state index in [-0.39, 0.29) is 17.2 Å². The van der Waals surface area contributed by atoms with E-state index in [0.717, 1.165) is 4.47 Å². The molecule has 0 aliphatic carbocycles. The lowest BCUT2D eigenvalue weighted by Gasteiger charge is -2.33. The number of halogens is 1. The van der Waals surface area contributed by atoms with Crippen molar-refractivity contribution in [2.45, 2.75) is 10.9 Å². The normalized spacial score (nSPS) is 20.3. The van der Waals surface area contributed by atoms with E-state index in [1.807, 2.05) is 0 Å². The van der Waals surface area contributed by atoms with Gasteiger partial charge in [0.15, 0.2) is 9.84 Å². The zero-order valence-corrected chi connectivity index (χ0v) is 13.7. The van der Waals surface area contributed by atoms with Crippen LogP contribution >= 0.6 is 15.9 Å². The summed E-state index contributed by atoms with van der Waals surface area (Å²) in [6.07, 6.45) is 0. The summed E-state index contributed by atoms with van der Waals surface area (Å²) in [6, 6.07) is 5.78. The molecule has 2 N–H and O–H groups in total. The van der Waals surface area contributed by atoms with Crippen LogP contribution in [0.3, 0.4) is 0 Å². The van der Waals surface area contributed by atoms with Crippen LogP contribution in [-0.2, 0) is 14.6 Å². The second-order valence-electron chi connectivity index (χ2n) is 4.87. The monoisotopic (exact) mass is 376 g/mol. The van der Waals surface area contributed by atoms with E-state index in [1.54, 1.807) is 29.2 Å². The maximum absolute atomic E-state index is 12.3. The molecule has 1 aromatic carbocycles. The van der Waals surface area contributed by atoms with E-state index in [4.69, 9.17) is 5.11 Å². The lowest BCUT2D eigenvalue weighted by atomic mass is 10.2. The molecule has 0 spiro atoms. The zero-order valence-electron chi connectivity index (χ0n) is 11.3. The fourth-order valence-electron chi connectivity index (χ4n) is 2.25. The summed E-state index contributed by atoms with van der Waals surface area (Å²) in [4.78, 5) is 13.1. The number of piperazine rings is 1. The van der Waals surface area contributed by atoms with Gasteiger partial charge in [-0.3, -0.25) is 9.69 Å². The average Bonchev–Trinajstić information content (AvgIpc) is 2.46. The summed E-state index contributed by atoms with van der Waals surface area (Å²) in [6.45, 7) is 1.76. The zero-order chi connectivity index (χ0) is 15.5. The average molecular weight is 377 g/mol. The minimum absolute atomic E-state index is 0.0849. The molecule has 1 fully saturated rings. The van der Waals surface area contributed by atoms with Gasteiger partial charge >= 0.3 is 5.97 Å². The van der Waals surface area contributed by atoms with Crippen LogP contribution in [0.4, 0.5) is 0 Å². The van der Waals surface area contributed by atoms with Gasteiger partial charge in [0.2, 0.25) is 0 Å². The number of benzene rings is 1. The SMILES string of the molecule is O=C(O)C1CNCCN1CCS(=O)(=O)c1ccc(Br)cc1. The number of carboxylic acid groups (broad SMARTS) is 1. The maximum Gasteiger partial charge on any atom is 0.322 e. The van der Waals surface area contributed by atoms with Crippen LogP contribution in [0.15, 0.2) is 33.6 Å². The summed E-state index contributed by atoms with van der Waals surface area (Å²) >= 11 is 3.26. The van der Waals surface area contributed by atoms with Crippen molar-refractivity contribution in [2.24, 2.45) is 0 Å². The highest BCUT2D eigenvalue weighted by Crippen LogP contribution is 2.16. The second kappa shape index (κ2) is 6.87. The van der Waals surface area contributed by atoms with Gasteiger partial charge in [0.05, 0.1) is 10.6 Å². The van der Waals surface area contributed by atoms with Gasteiger partial charge in [0, 0.05) is 30.7 Å². The molecule has 1 unspecified atom stereocenters. The third kappa shape index (κ3) is 4.26. The highest BCUT2D eigenvalue weighted by atomic mass is 79.9. The Morgan fingerprint density at radius 3 is 2.67 bits per heavy atom. The molecular weight excluding hydrogens is 360 g/mol. The van der Waals surface area contributed by atoms with E-state index < -0.39 is 21.8 Å². The Bertz CT molecular complexity index is 603. The second-order valence-corrected chi connectivity index (χ2v) is 7.89.